The van der Waals surface area contributed by atoms with Crippen LogP contribution in [0.3, 0.4) is 0 Å². The van der Waals surface area contributed by atoms with Crippen LogP contribution in [-0.4, -0.2) is 51.0 Å². The molecule has 0 fully saturated rings. The maximum absolute atomic E-state index is 13.8. The van der Waals surface area contributed by atoms with Crippen LogP contribution in [0.1, 0.15) is 11.1 Å². The molecule has 0 spiro atoms. The first kappa shape index (κ1) is 27.5. The van der Waals surface area contributed by atoms with Gasteiger partial charge in [-0.15, -0.1) is 0 Å². The lowest BCUT2D eigenvalue weighted by atomic mass is 10.0. The number of amides is 2. The van der Waals surface area contributed by atoms with Crippen LogP contribution in [-0.2, 0) is 32.6 Å². The number of sulfonamides is 1. The van der Waals surface area contributed by atoms with Crippen molar-refractivity contribution >= 4 is 50.7 Å². The predicted octanol–water partition coefficient (Wildman–Crippen LogP) is 4.15. The number of nitrogens with zero attached hydrogens (tertiary/aromatic N) is 2. The summed E-state index contributed by atoms with van der Waals surface area (Å²) in [7, 11) is -2.35. The Kier molecular flexibility index (Phi) is 9.37. The summed E-state index contributed by atoms with van der Waals surface area (Å²) in [6.07, 6.45) is 1.26. The van der Waals surface area contributed by atoms with Crippen LogP contribution < -0.4 is 9.62 Å². The van der Waals surface area contributed by atoms with Crippen molar-refractivity contribution in [3.63, 3.8) is 0 Å². The Hall–Kier alpha value is -3.07. The van der Waals surface area contributed by atoms with E-state index in [0.29, 0.717) is 15.6 Å². The molecule has 0 radical (unpaired) electrons. The van der Waals surface area contributed by atoms with Crippen LogP contribution in [0.2, 0.25) is 10.0 Å². The molecule has 1 atom stereocenters. The number of hydrogen-bond donors (Lipinski definition) is 1. The molecule has 190 valence electrons. The summed E-state index contributed by atoms with van der Waals surface area (Å²) in [5.41, 5.74) is 1.80. The van der Waals surface area contributed by atoms with E-state index in [9.17, 15) is 18.0 Å². The minimum absolute atomic E-state index is 0.0530. The molecule has 36 heavy (non-hydrogen) atoms. The van der Waals surface area contributed by atoms with Gasteiger partial charge in [-0.3, -0.25) is 13.9 Å². The highest BCUT2D eigenvalue weighted by molar-refractivity contribution is 7.92. The van der Waals surface area contributed by atoms with E-state index in [2.05, 4.69) is 5.32 Å². The van der Waals surface area contributed by atoms with Gasteiger partial charge >= 0.3 is 0 Å². The molecule has 0 bridgehead atoms. The monoisotopic (exact) mass is 547 g/mol. The maximum Gasteiger partial charge on any atom is 0.244 e. The minimum atomic E-state index is -3.85. The number of benzene rings is 3. The average molecular weight is 548 g/mol. The summed E-state index contributed by atoms with van der Waals surface area (Å²) < 4.78 is 26.3. The maximum atomic E-state index is 13.8. The number of carbonyl (C=O) groups excluding carboxylic acids is 2. The van der Waals surface area contributed by atoms with Crippen LogP contribution in [0.25, 0.3) is 0 Å². The van der Waals surface area contributed by atoms with E-state index >= 15 is 0 Å². The van der Waals surface area contributed by atoms with Gasteiger partial charge in [0.2, 0.25) is 21.8 Å². The molecule has 0 unspecified atom stereocenters. The van der Waals surface area contributed by atoms with Gasteiger partial charge in [0.25, 0.3) is 0 Å². The van der Waals surface area contributed by atoms with E-state index < -0.39 is 28.5 Å². The van der Waals surface area contributed by atoms with Gasteiger partial charge in [0.15, 0.2) is 0 Å². The number of nitrogens with one attached hydrogen (secondary N) is 1. The first-order chi connectivity index (χ1) is 17.1. The molecule has 0 aliphatic heterocycles. The van der Waals surface area contributed by atoms with Crippen LogP contribution in [0, 0.1) is 0 Å². The Bertz CT molecular complexity index is 1320. The summed E-state index contributed by atoms with van der Waals surface area (Å²) in [6, 6.07) is 21.6. The predicted molar refractivity (Wildman–Crippen MR) is 144 cm³/mol. The summed E-state index contributed by atoms with van der Waals surface area (Å²) in [4.78, 5) is 28.2. The highest BCUT2D eigenvalue weighted by atomic mass is 35.5. The molecule has 3 aromatic carbocycles. The van der Waals surface area contributed by atoms with E-state index in [4.69, 9.17) is 23.2 Å². The van der Waals surface area contributed by atoms with Crippen molar-refractivity contribution in [2.75, 3.05) is 24.2 Å². The second kappa shape index (κ2) is 12.3. The fourth-order valence-electron chi connectivity index (χ4n) is 3.80. The zero-order valence-electron chi connectivity index (χ0n) is 19.9. The molecule has 0 saturated heterocycles. The van der Waals surface area contributed by atoms with Crippen molar-refractivity contribution in [2.45, 2.75) is 19.0 Å². The summed E-state index contributed by atoms with van der Waals surface area (Å²) >= 11 is 12.2. The molecule has 1 N–H and O–H groups in total. The normalized spacial score (nSPS) is 12.0. The Balaban J connectivity index is 2.03. The lowest BCUT2D eigenvalue weighted by molar-refractivity contribution is -0.139. The quantitative estimate of drug-likeness (QED) is 0.413. The highest BCUT2D eigenvalue weighted by Gasteiger charge is 2.32. The molecular formula is C26H27Cl2N3O4S. The zero-order valence-corrected chi connectivity index (χ0v) is 22.2. The summed E-state index contributed by atoms with van der Waals surface area (Å²) in [5.74, 6) is -0.923. The Morgan fingerprint density at radius 2 is 1.50 bits per heavy atom. The summed E-state index contributed by atoms with van der Waals surface area (Å²) in [5, 5.41) is 3.45. The molecular weight excluding hydrogens is 521 g/mol. The van der Waals surface area contributed by atoms with Gasteiger partial charge in [0.1, 0.15) is 12.6 Å². The van der Waals surface area contributed by atoms with Gasteiger partial charge in [-0.25, -0.2) is 8.42 Å². The molecule has 10 heteroatoms. The molecule has 7 nitrogen and oxygen atoms in total. The lowest BCUT2D eigenvalue weighted by Crippen LogP contribution is -2.52. The van der Waals surface area contributed by atoms with Crippen LogP contribution in [0.4, 0.5) is 5.69 Å². The van der Waals surface area contributed by atoms with Gasteiger partial charge in [0, 0.05) is 30.1 Å². The topological polar surface area (TPSA) is 86.8 Å². The SMILES string of the molecule is CNC(=O)[C@@H](Cc1ccccc1)N(Cc1cccc(Cl)c1)C(=O)CN(c1cccc(Cl)c1)S(C)(=O)=O. The van der Waals surface area contributed by atoms with Crippen molar-refractivity contribution in [1.82, 2.24) is 10.2 Å². The number of carbonyl (C=O) groups is 2. The van der Waals surface area contributed by atoms with Crippen LogP contribution in [0.5, 0.6) is 0 Å². The third-order valence-corrected chi connectivity index (χ3v) is 7.15. The van der Waals surface area contributed by atoms with Crippen molar-refractivity contribution < 1.29 is 18.0 Å². The van der Waals surface area contributed by atoms with E-state index in [1.807, 2.05) is 30.3 Å². The molecule has 0 aliphatic rings. The van der Waals surface area contributed by atoms with Crippen LogP contribution in [0.15, 0.2) is 78.9 Å². The van der Waals surface area contributed by atoms with E-state index in [0.717, 1.165) is 16.1 Å². The first-order valence-corrected chi connectivity index (χ1v) is 13.7. The summed E-state index contributed by atoms with van der Waals surface area (Å²) in [6.45, 7) is -0.459. The second-order valence-electron chi connectivity index (χ2n) is 8.22. The third-order valence-electron chi connectivity index (χ3n) is 5.53. The number of halogens is 2. The number of anilines is 1. The van der Waals surface area contributed by atoms with Crippen molar-refractivity contribution in [2.24, 2.45) is 0 Å². The molecule has 0 heterocycles. The van der Waals surface area contributed by atoms with E-state index in [-0.39, 0.29) is 24.6 Å². The first-order valence-electron chi connectivity index (χ1n) is 11.1. The van der Waals surface area contributed by atoms with Crippen LogP contribution >= 0.6 is 23.2 Å². The van der Waals surface area contributed by atoms with E-state index in [1.165, 1.54) is 18.0 Å². The second-order valence-corrected chi connectivity index (χ2v) is 11.0. The van der Waals surface area contributed by atoms with Crippen molar-refractivity contribution in [3.05, 3.63) is 100 Å². The van der Waals surface area contributed by atoms with Gasteiger partial charge in [0.05, 0.1) is 11.9 Å². The van der Waals surface area contributed by atoms with Gasteiger partial charge in [-0.2, -0.15) is 0 Å². The number of likely N-dealkylation sites (N-methyl/N-ethyl adjacent to an activating group) is 1. The fourth-order valence-corrected chi connectivity index (χ4v) is 5.04. The Morgan fingerprint density at radius 1 is 0.889 bits per heavy atom. The number of hydrogen-bond acceptors (Lipinski definition) is 4. The molecule has 0 saturated carbocycles. The molecule has 0 aliphatic carbocycles. The lowest BCUT2D eigenvalue weighted by Gasteiger charge is -2.33. The molecule has 0 aromatic heterocycles. The average Bonchev–Trinajstić information content (AvgIpc) is 2.84. The Morgan fingerprint density at radius 3 is 2.08 bits per heavy atom. The molecule has 2 amide bonds. The van der Waals surface area contributed by atoms with Gasteiger partial charge < -0.3 is 10.2 Å². The van der Waals surface area contributed by atoms with Gasteiger partial charge in [-0.1, -0.05) is 71.7 Å². The van der Waals surface area contributed by atoms with Crippen molar-refractivity contribution in [3.8, 4) is 0 Å². The molecule has 3 rings (SSSR count). The minimum Gasteiger partial charge on any atom is -0.357 e. The standard InChI is InChI=1S/C26H27Cl2N3O4S/c1-29-26(33)24(15-19-8-4-3-5-9-19)30(17-20-10-6-11-21(27)14-20)25(32)18-31(36(2,34)35)23-13-7-12-22(28)16-23/h3-14,16,24H,15,17-18H2,1-2H3,(H,29,33)/t24-/m1/s1. The largest absolute Gasteiger partial charge is 0.357 e. The number of rotatable bonds is 10. The smallest absolute Gasteiger partial charge is 0.244 e. The molecule has 3 aromatic rings. The Labute approximate surface area is 221 Å². The highest BCUT2D eigenvalue weighted by Crippen LogP contribution is 2.23. The fraction of sp³-hybridized carbons (Fsp3) is 0.231. The van der Waals surface area contributed by atoms with Gasteiger partial charge in [-0.05, 0) is 41.5 Å². The zero-order chi connectivity index (χ0) is 26.3. The van der Waals surface area contributed by atoms with Crippen molar-refractivity contribution in [1.29, 1.82) is 0 Å². The van der Waals surface area contributed by atoms with E-state index in [1.54, 1.807) is 42.5 Å². The third kappa shape index (κ3) is 7.46.